The molecule has 0 saturated heterocycles. The minimum absolute atomic E-state index is 0.577. The van der Waals surface area contributed by atoms with Crippen molar-refractivity contribution >= 4 is 11.1 Å². The van der Waals surface area contributed by atoms with Gasteiger partial charge in [-0.05, 0) is 36.1 Å². The van der Waals surface area contributed by atoms with Crippen LogP contribution in [0.4, 0.5) is 0 Å². The highest BCUT2D eigenvalue weighted by Crippen LogP contribution is 2.30. The Bertz CT molecular complexity index is 2090. The molecule has 5 nitrogen and oxygen atoms in total. The van der Waals surface area contributed by atoms with Crippen molar-refractivity contribution in [1.29, 1.82) is 0 Å². The van der Waals surface area contributed by atoms with Crippen LogP contribution in [0.3, 0.4) is 0 Å². The second-order valence-corrected chi connectivity index (χ2v) is 11.9. The van der Waals surface area contributed by atoms with Crippen molar-refractivity contribution in [2.45, 2.75) is 18.9 Å². The van der Waals surface area contributed by atoms with Crippen LogP contribution in [0, 0.1) is 0 Å². The molecule has 50 heavy (non-hydrogen) atoms. The molecular formula is C45H36N4O. The highest BCUT2D eigenvalue weighted by Gasteiger charge is 2.13. The molecular weight excluding hydrogens is 613 g/mol. The summed E-state index contributed by atoms with van der Waals surface area (Å²) in [4.78, 5) is 18.9. The number of nitrogens with zero attached hydrogens (tertiary/aromatic N) is 4. The summed E-state index contributed by atoms with van der Waals surface area (Å²) in [7, 11) is 0. The van der Waals surface area contributed by atoms with Crippen molar-refractivity contribution in [3.63, 3.8) is 0 Å². The predicted molar refractivity (Wildman–Crippen MR) is 204 cm³/mol. The first-order chi connectivity index (χ1) is 24.7. The maximum Gasteiger partial charge on any atom is 0.164 e. The summed E-state index contributed by atoms with van der Waals surface area (Å²) in [6.07, 6.45) is 17.4. The zero-order valence-corrected chi connectivity index (χ0v) is 27.5. The Hall–Kier alpha value is -6.30. The van der Waals surface area contributed by atoms with Crippen LogP contribution in [0.25, 0.3) is 56.4 Å². The highest BCUT2D eigenvalue weighted by atomic mass is 16.3. The van der Waals surface area contributed by atoms with E-state index in [4.69, 9.17) is 4.98 Å². The van der Waals surface area contributed by atoms with Gasteiger partial charge in [0.1, 0.15) is 0 Å². The van der Waals surface area contributed by atoms with Crippen molar-refractivity contribution in [2.24, 2.45) is 0 Å². The van der Waals surface area contributed by atoms with Crippen molar-refractivity contribution in [3.8, 4) is 45.3 Å². The van der Waals surface area contributed by atoms with E-state index in [0.29, 0.717) is 17.5 Å². The van der Waals surface area contributed by atoms with E-state index >= 15 is 0 Å². The van der Waals surface area contributed by atoms with Crippen molar-refractivity contribution < 1.29 is 5.11 Å². The fourth-order valence-corrected chi connectivity index (χ4v) is 5.72. The molecule has 8 rings (SSSR count). The smallest absolute Gasteiger partial charge is 0.164 e. The maximum absolute atomic E-state index is 9.76. The van der Waals surface area contributed by atoms with E-state index in [1.165, 1.54) is 11.1 Å². The second kappa shape index (κ2) is 15.7. The fourth-order valence-electron chi connectivity index (χ4n) is 5.72. The average molecular weight is 649 g/mol. The molecule has 1 N–H and O–H groups in total. The number of aromatic nitrogens is 4. The van der Waals surface area contributed by atoms with Gasteiger partial charge in [0.25, 0.3) is 0 Å². The lowest BCUT2D eigenvalue weighted by atomic mass is 9.96. The van der Waals surface area contributed by atoms with Crippen LogP contribution in [0.15, 0.2) is 182 Å². The molecule has 1 atom stereocenters. The standard InChI is InChI=1S/C23H19N.C22H17N3O/c1-4-10-18(11-5-1)21-16-22(19-12-6-2-7-13-19)24-23(17-21)20-14-8-3-9-15-20;26-19-13-7-12-18(14-15-19)22-24-20(16-8-3-1-4-9-16)23-21(25-22)17-10-5-2-6-11-17/h2-4,6-17H,1,5H2;1-15,19,26H. The summed E-state index contributed by atoms with van der Waals surface area (Å²) < 4.78 is 0. The molecule has 0 spiro atoms. The fraction of sp³-hybridized carbons (Fsp3) is 0.0667. The van der Waals surface area contributed by atoms with E-state index in [9.17, 15) is 5.11 Å². The van der Waals surface area contributed by atoms with Gasteiger partial charge in [-0.15, -0.1) is 0 Å². The molecule has 0 radical (unpaired) electrons. The van der Waals surface area contributed by atoms with E-state index in [-0.39, 0.29) is 0 Å². The average Bonchev–Trinajstić information content (AvgIpc) is 3.43. The van der Waals surface area contributed by atoms with E-state index < -0.39 is 6.10 Å². The lowest BCUT2D eigenvalue weighted by Gasteiger charge is -2.12. The maximum atomic E-state index is 9.76. The van der Waals surface area contributed by atoms with Gasteiger partial charge in [-0.3, -0.25) is 0 Å². The third-order valence-electron chi connectivity index (χ3n) is 8.31. The minimum atomic E-state index is -0.604. The zero-order chi connectivity index (χ0) is 34.0. The molecule has 4 aromatic carbocycles. The molecule has 2 aliphatic carbocycles. The van der Waals surface area contributed by atoms with E-state index in [1.807, 2.05) is 91.0 Å². The molecule has 6 aromatic rings. The number of benzene rings is 4. The van der Waals surface area contributed by atoms with Crippen LogP contribution < -0.4 is 0 Å². The van der Waals surface area contributed by atoms with Crippen LogP contribution >= 0.6 is 0 Å². The lowest BCUT2D eigenvalue weighted by molar-refractivity contribution is 0.272. The molecule has 0 saturated carbocycles. The van der Waals surface area contributed by atoms with E-state index in [0.717, 1.165) is 52.1 Å². The first-order valence-electron chi connectivity index (χ1n) is 16.8. The normalized spacial score (nSPS) is 14.9. The van der Waals surface area contributed by atoms with Crippen molar-refractivity contribution in [1.82, 2.24) is 19.9 Å². The number of aliphatic hydroxyl groups is 1. The Morgan fingerprint density at radius 1 is 0.460 bits per heavy atom. The monoisotopic (exact) mass is 648 g/mol. The van der Waals surface area contributed by atoms with E-state index in [1.54, 1.807) is 12.2 Å². The van der Waals surface area contributed by atoms with E-state index in [2.05, 4.69) is 93.8 Å². The molecule has 0 bridgehead atoms. The molecule has 0 amide bonds. The predicted octanol–water partition coefficient (Wildman–Crippen LogP) is 10.2. The van der Waals surface area contributed by atoms with Crippen LogP contribution in [-0.2, 0) is 0 Å². The molecule has 1 unspecified atom stereocenters. The molecule has 2 aliphatic rings. The summed E-state index contributed by atoms with van der Waals surface area (Å²) in [5.41, 5.74) is 9.56. The quantitative estimate of drug-likeness (QED) is 0.195. The summed E-state index contributed by atoms with van der Waals surface area (Å²) in [6.45, 7) is 0. The summed E-state index contributed by atoms with van der Waals surface area (Å²) >= 11 is 0. The largest absolute Gasteiger partial charge is 0.385 e. The van der Waals surface area contributed by atoms with Gasteiger partial charge in [-0.2, -0.15) is 0 Å². The Kier molecular flexibility index (Phi) is 10.1. The van der Waals surface area contributed by atoms with Gasteiger partial charge in [-0.1, -0.05) is 170 Å². The number of hydrogen-bond donors (Lipinski definition) is 1. The van der Waals surface area contributed by atoms with Gasteiger partial charge in [-0.25, -0.2) is 19.9 Å². The van der Waals surface area contributed by atoms with Crippen molar-refractivity contribution in [2.75, 3.05) is 0 Å². The van der Waals surface area contributed by atoms with Gasteiger partial charge in [0.2, 0.25) is 0 Å². The highest BCUT2D eigenvalue weighted by molar-refractivity contribution is 5.80. The zero-order valence-electron chi connectivity index (χ0n) is 27.5. The first kappa shape index (κ1) is 32.3. The van der Waals surface area contributed by atoms with Crippen LogP contribution in [0.2, 0.25) is 0 Å². The summed E-state index contributed by atoms with van der Waals surface area (Å²) in [5, 5.41) is 9.76. The Balaban J connectivity index is 0.000000157. The minimum Gasteiger partial charge on any atom is -0.385 e. The van der Waals surface area contributed by atoms with Crippen LogP contribution in [0.1, 0.15) is 24.2 Å². The van der Waals surface area contributed by atoms with Crippen molar-refractivity contribution in [3.05, 3.63) is 193 Å². The van der Waals surface area contributed by atoms with Gasteiger partial charge in [0, 0.05) is 27.8 Å². The Morgan fingerprint density at radius 2 is 0.960 bits per heavy atom. The number of allylic oxidation sites excluding steroid dienone is 8. The Labute approximate surface area is 293 Å². The molecule has 5 heteroatoms. The third kappa shape index (κ3) is 8.04. The molecule has 242 valence electrons. The summed E-state index contributed by atoms with van der Waals surface area (Å²) in [5.74, 6) is 1.82. The molecule has 2 aromatic heterocycles. The van der Waals surface area contributed by atoms with Gasteiger partial charge in [0.15, 0.2) is 17.5 Å². The number of rotatable bonds is 6. The first-order valence-corrected chi connectivity index (χ1v) is 16.8. The summed E-state index contributed by atoms with van der Waals surface area (Å²) in [6, 6.07) is 44.9. The lowest BCUT2D eigenvalue weighted by Crippen LogP contribution is -2.02. The van der Waals surface area contributed by atoms with Crippen LogP contribution in [0.5, 0.6) is 0 Å². The number of hydrogen-bond acceptors (Lipinski definition) is 5. The topological polar surface area (TPSA) is 71.8 Å². The van der Waals surface area contributed by atoms with Gasteiger partial charge >= 0.3 is 0 Å². The number of pyridine rings is 1. The van der Waals surface area contributed by atoms with Gasteiger partial charge < -0.3 is 5.11 Å². The SMILES string of the molecule is C1=CC(c2cc(-c3ccccc3)nc(-c3ccccc3)c2)=CCC1.OC1C=CC=C(c2nc(-c3ccccc3)nc(-c3ccccc3)n2)C=C1. The van der Waals surface area contributed by atoms with Crippen LogP contribution in [-0.4, -0.2) is 31.1 Å². The van der Waals surface area contributed by atoms with Gasteiger partial charge in [0.05, 0.1) is 17.5 Å². The molecule has 0 aliphatic heterocycles. The molecule has 0 fully saturated rings. The molecule has 2 heterocycles. The third-order valence-corrected chi connectivity index (χ3v) is 8.31. The second-order valence-electron chi connectivity index (χ2n) is 11.9. The Morgan fingerprint density at radius 3 is 1.46 bits per heavy atom. The number of aliphatic hydroxyl groups excluding tert-OH is 1.